The molecule has 2 amide bonds. The van der Waals surface area contributed by atoms with Gasteiger partial charge in [0.15, 0.2) is 10.1 Å². The maximum atomic E-state index is 12.4. The molecule has 0 saturated carbocycles. The van der Waals surface area contributed by atoms with Crippen molar-refractivity contribution < 1.29 is 14.3 Å². The van der Waals surface area contributed by atoms with Gasteiger partial charge in [0, 0.05) is 12.0 Å². The summed E-state index contributed by atoms with van der Waals surface area (Å²) in [6, 6.07) is 24.3. The first-order valence-corrected chi connectivity index (χ1v) is 11.3. The van der Waals surface area contributed by atoms with Gasteiger partial charge in [-0.3, -0.25) is 25.8 Å². The van der Waals surface area contributed by atoms with E-state index in [1.165, 1.54) is 16.9 Å². The Balaban J connectivity index is 1.22. The number of para-hydroxylation sites is 1. The number of fused-ring (bicyclic) bond motifs is 1. The monoisotopic (exact) mass is 476 g/mol. The first-order valence-electron chi connectivity index (χ1n) is 10.1. The van der Waals surface area contributed by atoms with Crippen LogP contribution in [0.3, 0.4) is 0 Å². The Morgan fingerprint density at radius 3 is 2.36 bits per heavy atom. The zero-order valence-electron chi connectivity index (χ0n) is 17.4. The quantitative estimate of drug-likeness (QED) is 0.289. The van der Waals surface area contributed by atoms with Gasteiger partial charge >= 0.3 is 0 Å². The van der Waals surface area contributed by atoms with Crippen LogP contribution in [0.2, 0.25) is 0 Å². The Morgan fingerprint density at radius 1 is 0.879 bits per heavy atom. The highest BCUT2D eigenvalue weighted by Crippen LogP contribution is 2.21. The van der Waals surface area contributed by atoms with Crippen molar-refractivity contribution in [1.82, 2.24) is 21.2 Å². The second-order valence-electron chi connectivity index (χ2n) is 6.96. The Kier molecular flexibility index (Phi) is 7.23. The average Bonchev–Trinajstić information content (AvgIpc) is 3.28. The minimum absolute atomic E-state index is 0.0300. The minimum atomic E-state index is -0.440. The lowest BCUT2D eigenvalue weighted by Gasteiger charge is -2.10. The summed E-state index contributed by atoms with van der Waals surface area (Å²) in [6.07, 6.45) is 0.797. The van der Waals surface area contributed by atoms with Gasteiger partial charge in [-0.1, -0.05) is 42.5 Å². The normalized spacial score (nSPS) is 10.4. The first-order chi connectivity index (χ1) is 16.1. The van der Waals surface area contributed by atoms with Gasteiger partial charge in [0.1, 0.15) is 5.75 Å². The third-order valence-corrected chi connectivity index (χ3v) is 5.86. The number of nitrogens with one attached hydrogen (secondary N) is 3. The number of aromatic nitrogens is 1. The summed E-state index contributed by atoms with van der Waals surface area (Å²) in [5.41, 5.74) is 7.32. The highest BCUT2D eigenvalue weighted by atomic mass is 32.1. The molecule has 0 spiro atoms. The molecule has 3 aromatic carbocycles. The molecule has 33 heavy (non-hydrogen) atoms. The van der Waals surface area contributed by atoms with Gasteiger partial charge in [-0.2, -0.15) is 0 Å². The highest BCUT2D eigenvalue weighted by molar-refractivity contribution is 7.80. The van der Waals surface area contributed by atoms with Crippen LogP contribution in [0.4, 0.5) is 0 Å². The van der Waals surface area contributed by atoms with Crippen LogP contribution < -0.4 is 20.9 Å². The van der Waals surface area contributed by atoms with E-state index < -0.39 is 11.8 Å². The van der Waals surface area contributed by atoms with Crippen LogP contribution >= 0.6 is 23.6 Å². The Labute approximate surface area is 199 Å². The van der Waals surface area contributed by atoms with Crippen molar-refractivity contribution in [2.45, 2.75) is 6.42 Å². The Hall–Kier alpha value is -3.82. The number of thiocarbonyl (C=S) groups is 1. The number of ether oxygens (including phenoxy) is 1. The number of thiazole rings is 1. The van der Waals surface area contributed by atoms with E-state index in [2.05, 4.69) is 33.3 Å². The molecule has 0 atom stereocenters. The van der Waals surface area contributed by atoms with Crippen molar-refractivity contribution in [3.8, 4) is 5.75 Å². The second-order valence-corrected chi connectivity index (χ2v) is 8.40. The first kappa shape index (κ1) is 22.4. The zero-order chi connectivity index (χ0) is 23.0. The predicted molar refractivity (Wildman–Crippen MR) is 132 cm³/mol. The van der Waals surface area contributed by atoms with E-state index in [1.54, 1.807) is 24.3 Å². The molecule has 4 rings (SSSR count). The number of hydrazine groups is 1. The number of hydrogen-bond donors (Lipinski definition) is 3. The molecule has 166 valence electrons. The van der Waals surface area contributed by atoms with Crippen LogP contribution in [0.5, 0.6) is 5.75 Å². The number of carbonyl (C=O) groups is 2. The predicted octanol–water partition coefficient (Wildman–Crippen LogP) is 3.87. The van der Waals surface area contributed by atoms with Crippen LogP contribution in [-0.2, 0) is 6.42 Å². The molecule has 4 aromatic rings. The van der Waals surface area contributed by atoms with Gasteiger partial charge in [-0.15, -0.1) is 11.3 Å². The van der Waals surface area contributed by atoms with Gasteiger partial charge in [0.05, 0.1) is 16.8 Å². The molecule has 7 nitrogen and oxygen atoms in total. The molecular weight excluding hydrogens is 456 g/mol. The van der Waals surface area contributed by atoms with Gasteiger partial charge in [-0.25, -0.2) is 4.98 Å². The number of benzene rings is 3. The summed E-state index contributed by atoms with van der Waals surface area (Å²) in [5.74, 6) is -0.173. The van der Waals surface area contributed by atoms with Gasteiger partial charge in [-0.05, 0) is 54.2 Å². The van der Waals surface area contributed by atoms with Crippen molar-refractivity contribution in [1.29, 1.82) is 0 Å². The topological polar surface area (TPSA) is 92.4 Å². The summed E-state index contributed by atoms with van der Waals surface area (Å²) in [5, 5.41) is 2.78. The summed E-state index contributed by atoms with van der Waals surface area (Å²) in [4.78, 5) is 28.9. The van der Waals surface area contributed by atoms with Crippen molar-refractivity contribution in [3.63, 3.8) is 0 Å². The number of carbonyl (C=O) groups excluding carboxylic acids is 2. The molecule has 0 aliphatic heterocycles. The van der Waals surface area contributed by atoms with Gasteiger partial charge in [0.2, 0.25) is 0 Å². The molecule has 0 aliphatic carbocycles. The molecule has 0 unspecified atom stereocenters. The third kappa shape index (κ3) is 6.12. The van der Waals surface area contributed by atoms with Crippen molar-refractivity contribution in [2.75, 3.05) is 6.61 Å². The van der Waals surface area contributed by atoms with Crippen LogP contribution in [0.15, 0.2) is 78.9 Å². The van der Waals surface area contributed by atoms with Crippen molar-refractivity contribution in [2.24, 2.45) is 0 Å². The summed E-state index contributed by atoms with van der Waals surface area (Å²) in [6.45, 7) is 0.540. The lowest BCUT2D eigenvalue weighted by atomic mass is 10.2. The lowest BCUT2D eigenvalue weighted by molar-refractivity contribution is 0.0934. The number of amides is 2. The fourth-order valence-electron chi connectivity index (χ4n) is 2.98. The molecule has 0 aliphatic rings. The fraction of sp³-hybridized carbons (Fsp3) is 0.0833. The Bertz CT molecular complexity index is 1240. The fourth-order valence-corrected chi connectivity index (χ4v) is 3.98. The lowest BCUT2D eigenvalue weighted by Crippen LogP contribution is -2.48. The zero-order valence-corrected chi connectivity index (χ0v) is 19.0. The second kappa shape index (κ2) is 10.7. The number of nitrogens with zero attached hydrogens (tertiary/aromatic N) is 1. The van der Waals surface area contributed by atoms with Crippen molar-refractivity contribution >= 4 is 50.7 Å². The molecule has 1 heterocycles. The molecule has 3 N–H and O–H groups in total. The van der Waals surface area contributed by atoms with E-state index in [4.69, 9.17) is 17.0 Å². The molecular formula is C24H20N4O3S2. The largest absolute Gasteiger partial charge is 0.493 e. The van der Waals surface area contributed by atoms with Crippen LogP contribution in [0.1, 0.15) is 25.7 Å². The molecule has 0 radical (unpaired) electrons. The third-order valence-electron chi connectivity index (χ3n) is 4.62. The standard InChI is InChI=1S/C24H20N4O3S2/c29-21(17-10-12-18(13-11-17)31-15-14-16-6-2-1-3-7-16)26-24(32)28-27-22(30)23-25-19-8-4-5-9-20(19)33-23/h1-13H,14-15H2,(H,27,30)(H2,26,28,29,32). The average molecular weight is 477 g/mol. The van der Waals surface area contributed by atoms with E-state index in [0.29, 0.717) is 22.9 Å². The molecule has 0 bridgehead atoms. The Morgan fingerprint density at radius 2 is 1.61 bits per heavy atom. The maximum Gasteiger partial charge on any atom is 0.298 e. The van der Waals surface area contributed by atoms with E-state index >= 15 is 0 Å². The minimum Gasteiger partial charge on any atom is -0.493 e. The van der Waals surface area contributed by atoms with Crippen LogP contribution in [-0.4, -0.2) is 28.5 Å². The van der Waals surface area contributed by atoms with Crippen LogP contribution in [0, 0.1) is 0 Å². The van der Waals surface area contributed by atoms with E-state index in [0.717, 1.165) is 16.6 Å². The van der Waals surface area contributed by atoms with Gasteiger partial charge < -0.3 is 4.74 Å². The summed E-state index contributed by atoms with van der Waals surface area (Å²) < 4.78 is 6.64. The molecule has 0 fully saturated rings. The molecule has 9 heteroatoms. The van der Waals surface area contributed by atoms with E-state index in [1.807, 2.05) is 42.5 Å². The maximum absolute atomic E-state index is 12.4. The van der Waals surface area contributed by atoms with Crippen LogP contribution in [0.25, 0.3) is 10.2 Å². The van der Waals surface area contributed by atoms with E-state index in [-0.39, 0.29) is 5.11 Å². The SMILES string of the molecule is O=C(NC(=S)NNC(=O)c1nc2ccccc2s1)c1ccc(OCCc2ccccc2)cc1. The highest BCUT2D eigenvalue weighted by Gasteiger charge is 2.13. The van der Waals surface area contributed by atoms with Crippen molar-refractivity contribution in [3.05, 3.63) is 95.0 Å². The molecule has 0 saturated heterocycles. The summed E-state index contributed by atoms with van der Waals surface area (Å²) in [7, 11) is 0. The number of rotatable bonds is 6. The smallest absolute Gasteiger partial charge is 0.298 e. The van der Waals surface area contributed by atoms with Gasteiger partial charge in [0.25, 0.3) is 11.8 Å². The molecule has 1 aromatic heterocycles. The number of hydrogen-bond acceptors (Lipinski definition) is 6. The van der Waals surface area contributed by atoms with E-state index in [9.17, 15) is 9.59 Å². The summed E-state index contributed by atoms with van der Waals surface area (Å²) >= 11 is 6.36.